The largest absolute Gasteiger partial charge is 0.496 e. The number of carboxylic acids is 1. The van der Waals surface area contributed by atoms with Crippen LogP contribution >= 0.6 is 11.3 Å². The van der Waals surface area contributed by atoms with E-state index in [2.05, 4.69) is 15.6 Å². The third kappa shape index (κ3) is 5.45. The molecule has 1 aromatic heterocycles. The quantitative estimate of drug-likeness (QED) is 0.389. The molecular formula is C27H24N4O8S. The molecule has 1 saturated heterocycles. The van der Waals surface area contributed by atoms with Gasteiger partial charge < -0.3 is 30.0 Å². The van der Waals surface area contributed by atoms with Crippen molar-refractivity contribution in [3.8, 4) is 5.75 Å². The topological polar surface area (TPSA) is 156 Å². The highest BCUT2D eigenvalue weighted by molar-refractivity contribution is 7.14. The van der Waals surface area contributed by atoms with Crippen molar-refractivity contribution in [3.05, 3.63) is 88.7 Å². The first kappa shape index (κ1) is 26.7. The van der Waals surface area contributed by atoms with Crippen LogP contribution in [-0.2, 0) is 25.5 Å². The van der Waals surface area contributed by atoms with Crippen LogP contribution in [0.1, 0.15) is 28.9 Å². The Morgan fingerprint density at radius 3 is 2.85 bits per heavy atom. The third-order valence-corrected chi connectivity index (χ3v) is 7.10. The van der Waals surface area contributed by atoms with Crippen LogP contribution in [0.4, 0.5) is 9.93 Å². The molecule has 2 aromatic rings. The maximum absolute atomic E-state index is 13.7. The second-order valence-electron chi connectivity index (χ2n) is 8.85. The molecule has 5 rings (SSSR count). The third-order valence-electron chi connectivity index (χ3n) is 6.35. The van der Waals surface area contributed by atoms with Crippen molar-refractivity contribution in [1.82, 2.24) is 15.2 Å². The molecule has 0 radical (unpaired) electrons. The molecule has 3 N–H and O–H groups in total. The average molecular weight is 565 g/mol. The lowest BCUT2D eigenvalue weighted by Gasteiger charge is -2.25. The van der Waals surface area contributed by atoms with Gasteiger partial charge in [0.15, 0.2) is 28.4 Å². The van der Waals surface area contributed by atoms with Crippen LogP contribution in [0.2, 0.25) is 0 Å². The molecule has 4 amide bonds. The first-order valence-corrected chi connectivity index (χ1v) is 13.1. The minimum atomic E-state index is -1.34. The molecule has 0 saturated carbocycles. The summed E-state index contributed by atoms with van der Waals surface area (Å²) in [5.74, 6) is -1.77. The number of amides is 4. The first-order valence-electron chi connectivity index (χ1n) is 12.2. The van der Waals surface area contributed by atoms with E-state index in [0.29, 0.717) is 17.1 Å². The van der Waals surface area contributed by atoms with Gasteiger partial charge >= 0.3 is 12.0 Å². The number of nitrogens with one attached hydrogen (secondary N) is 2. The van der Waals surface area contributed by atoms with E-state index in [1.165, 1.54) is 25.0 Å². The Hall–Kier alpha value is -4.91. The number of carbonyl (C=O) groups is 4. The number of hydrogen-bond acceptors (Lipinski definition) is 9. The number of nitrogens with zero attached hydrogens (tertiary/aromatic N) is 2. The van der Waals surface area contributed by atoms with Crippen molar-refractivity contribution < 1.29 is 38.5 Å². The molecule has 1 unspecified atom stereocenters. The summed E-state index contributed by atoms with van der Waals surface area (Å²) in [6.45, 7) is 0. The van der Waals surface area contributed by atoms with E-state index in [0.717, 1.165) is 34.7 Å². The number of benzene rings is 1. The summed E-state index contributed by atoms with van der Waals surface area (Å²) in [6.07, 6.45) is 9.91. The van der Waals surface area contributed by atoms with Crippen molar-refractivity contribution in [1.29, 1.82) is 0 Å². The zero-order chi connectivity index (χ0) is 28.2. The van der Waals surface area contributed by atoms with Crippen LogP contribution in [0.5, 0.6) is 5.75 Å². The second kappa shape index (κ2) is 11.5. The number of para-hydroxylation sites is 1. The van der Waals surface area contributed by atoms with Gasteiger partial charge in [-0.1, -0.05) is 36.4 Å². The number of methoxy groups -OCH3 is 1. The van der Waals surface area contributed by atoms with E-state index in [-0.39, 0.29) is 23.0 Å². The molecule has 1 aromatic carbocycles. The second-order valence-corrected chi connectivity index (χ2v) is 9.71. The Morgan fingerprint density at radius 2 is 2.12 bits per heavy atom. The predicted octanol–water partition coefficient (Wildman–Crippen LogP) is 3.33. The van der Waals surface area contributed by atoms with E-state index in [9.17, 15) is 19.2 Å². The number of carboxylic acid groups (broad SMARTS) is 1. The number of anilines is 1. The summed E-state index contributed by atoms with van der Waals surface area (Å²) < 4.78 is 16.8. The Balaban J connectivity index is 1.41. The van der Waals surface area contributed by atoms with E-state index in [1.54, 1.807) is 24.3 Å². The SMILES string of the molecule is COc1ccccc1C[C@@H](C(=O)Nc1nc(C(=O)O)cs1)N1C(=O)NC(C2=COC=C(C3=CC=CCC3)O2)C1=O. The normalized spacial score (nSPS) is 19.0. The molecule has 3 heterocycles. The lowest BCUT2D eigenvalue weighted by atomic mass is 10.0. The smallest absolute Gasteiger partial charge is 0.355 e. The molecule has 0 bridgehead atoms. The zero-order valence-electron chi connectivity index (χ0n) is 21.2. The number of urea groups is 1. The molecule has 206 valence electrons. The predicted molar refractivity (Wildman–Crippen MR) is 142 cm³/mol. The Kier molecular flexibility index (Phi) is 7.64. The Bertz CT molecular complexity index is 1490. The highest BCUT2D eigenvalue weighted by Crippen LogP contribution is 2.30. The van der Waals surface area contributed by atoms with E-state index >= 15 is 0 Å². The van der Waals surface area contributed by atoms with Gasteiger partial charge in [-0.05, 0) is 30.0 Å². The van der Waals surface area contributed by atoms with Gasteiger partial charge in [-0.15, -0.1) is 11.3 Å². The van der Waals surface area contributed by atoms with Crippen LogP contribution < -0.4 is 15.4 Å². The van der Waals surface area contributed by atoms with Gasteiger partial charge in [-0.25, -0.2) is 19.5 Å². The van der Waals surface area contributed by atoms with Gasteiger partial charge in [0.1, 0.15) is 24.3 Å². The fourth-order valence-electron chi connectivity index (χ4n) is 4.40. The van der Waals surface area contributed by atoms with Gasteiger partial charge in [0.05, 0.1) is 7.11 Å². The number of aromatic nitrogens is 1. The number of rotatable bonds is 9. The molecule has 1 fully saturated rings. The molecule has 13 heteroatoms. The highest BCUT2D eigenvalue weighted by Gasteiger charge is 2.48. The van der Waals surface area contributed by atoms with Crippen molar-refractivity contribution in [2.24, 2.45) is 0 Å². The molecule has 3 aliphatic rings. The van der Waals surface area contributed by atoms with E-state index < -0.39 is 35.9 Å². The Labute approximate surface area is 232 Å². The van der Waals surface area contributed by atoms with Crippen LogP contribution in [0.15, 0.2) is 77.5 Å². The van der Waals surface area contributed by atoms with Crippen LogP contribution in [0.25, 0.3) is 0 Å². The fourth-order valence-corrected chi connectivity index (χ4v) is 5.08. The van der Waals surface area contributed by atoms with Gasteiger partial charge in [-0.2, -0.15) is 0 Å². The van der Waals surface area contributed by atoms with Crippen LogP contribution in [0, 0.1) is 0 Å². The minimum Gasteiger partial charge on any atom is -0.496 e. The number of ether oxygens (including phenoxy) is 3. The van der Waals surface area contributed by atoms with Gasteiger partial charge in [0.25, 0.3) is 5.91 Å². The first-order chi connectivity index (χ1) is 19.4. The Morgan fingerprint density at radius 1 is 1.30 bits per heavy atom. The molecule has 2 atom stereocenters. The molecule has 2 aliphatic heterocycles. The highest BCUT2D eigenvalue weighted by atomic mass is 32.1. The lowest BCUT2D eigenvalue weighted by Crippen LogP contribution is -2.49. The standard InChI is InChI=1S/C27H24N4O8S/c1-37-19-10-6-5-9-16(19)11-18(23(32)30-26-28-17(14-40-26)25(34)35)31-24(33)22(29-27(31)36)21-13-38-12-20(39-21)15-7-3-2-4-8-15/h2-3,5-7,9-10,12-14,18,22H,4,8,11H2,1H3,(H,29,36)(H,34,35)(H,28,30,32)/t18-,22?/m0/s1. The minimum absolute atomic E-state index is 0.00679. The number of allylic oxidation sites excluding steroid dienone is 4. The summed E-state index contributed by atoms with van der Waals surface area (Å²) >= 11 is 0.904. The van der Waals surface area contributed by atoms with Gasteiger partial charge in [0, 0.05) is 11.8 Å². The molecule has 12 nitrogen and oxygen atoms in total. The van der Waals surface area contributed by atoms with Crippen molar-refractivity contribution in [2.75, 3.05) is 12.4 Å². The van der Waals surface area contributed by atoms with E-state index in [1.807, 2.05) is 18.2 Å². The number of carbonyl (C=O) groups excluding carboxylic acids is 3. The number of aromatic carboxylic acids is 1. The maximum Gasteiger partial charge on any atom is 0.355 e. The van der Waals surface area contributed by atoms with Crippen molar-refractivity contribution in [2.45, 2.75) is 31.3 Å². The molecule has 1 aliphatic carbocycles. The van der Waals surface area contributed by atoms with Crippen molar-refractivity contribution in [3.63, 3.8) is 0 Å². The molecule has 0 spiro atoms. The summed E-state index contributed by atoms with van der Waals surface area (Å²) in [5.41, 5.74) is 1.20. The van der Waals surface area contributed by atoms with Crippen LogP contribution in [0.3, 0.4) is 0 Å². The van der Waals surface area contributed by atoms with Gasteiger partial charge in [0.2, 0.25) is 5.91 Å². The molecule has 40 heavy (non-hydrogen) atoms. The van der Waals surface area contributed by atoms with E-state index in [4.69, 9.17) is 19.3 Å². The average Bonchev–Trinajstić information content (AvgIpc) is 3.56. The number of thiazole rings is 1. The fraction of sp³-hybridized carbons (Fsp3) is 0.222. The van der Waals surface area contributed by atoms with Gasteiger partial charge in [-0.3, -0.25) is 9.59 Å². The van der Waals surface area contributed by atoms with Crippen molar-refractivity contribution >= 4 is 40.3 Å². The maximum atomic E-state index is 13.7. The summed E-state index contributed by atoms with van der Waals surface area (Å²) in [6, 6.07) is 3.52. The lowest BCUT2D eigenvalue weighted by molar-refractivity contribution is -0.134. The number of imide groups is 1. The zero-order valence-corrected chi connectivity index (χ0v) is 22.0. The summed E-state index contributed by atoms with van der Waals surface area (Å²) in [4.78, 5) is 56.3. The summed E-state index contributed by atoms with van der Waals surface area (Å²) in [7, 11) is 1.47. The number of hydrogen-bond donors (Lipinski definition) is 3. The summed E-state index contributed by atoms with van der Waals surface area (Å²) in [5, 5.41) is 15.6. The van der Waals surface area contributed by atoms with Crippen LogP contribution in [-0.4, -0.2) is 58.0 Å². The monoisotopic (exact) mass is 564 g/mol. The molecular weight excluding hydrogens is 540 g/mol.